The monoisotopic (exact) mass is 319 g/mol. The zero-order chi connectivity index (χ0) is 16.8. The van der Waals surface area contributed by atoms with Crippen molar-refractivity contribution in [1.82, 2.24) is 19.8 Å². The highest BCUT2D eigenvalue weighted by Gasteiger charge is 2.24. The maximum atomic E-state index is 12.6. The van der Waals surface area contributed by atoms with E-state index in [0.717, 1.165) is 19.4 Å². The maximum Gasteiger partial charge on any atom is 0.272 e. The molecule has 1 N–H and O–H groups in total. The molecule has 1 fully saturated rings. The molecule has 1 aliphatic rings. The van der Waals surface area contributed by atoms with E-state index < -0.39 is 0 Å². The summed E-state index contributed by atoms with van der Waals surface area (Å²) in [4.78, 5) is 36.1. The van der Waals surface area contributed by atoms with Crippen molar-refractivity contribution in [3.8, 4) is 0 Å². The molecule has 23 heavy (non-hydrogen) atoms. The molecule has 0 unspecified atom stereocenters. The van der Waals surface area contributed by atoms with Crippen molar-refractivity contribution in [2.45, 2.75) is 33.6 Å². The number of amides is 2. The van der Waals surface area contributed by atoms with Gasteiger partial charge in [-0.1, -0.05) is 13.3 Å². The Labute approximate surface area is 137 Å². The van der Waals surface area contributed by atoms with Gasteiger partial charge in [-0.25, -0.2) is 9.97 Å². The van der Waals surface area contributed by atoms with Crippen molar-refractivity contribution in [1.29, 1.82) is 0 Å². The lowest BCUT2D eigenvalue weighted by atomic mass is 10.2. The smallest absolute Gasteiger partial charge is 0.272 e. The summed E-state index contributed by atoms with van der Waals surface area (Å²) in [7, 11) is 0. The third-order valence-corrected chi connectivity index (χ3v) is 3.91. The molecule has 0 saturated carbocycles. The molecule has 126 valence electrons. The normalized spacial score (nSPS) is 14.7. The van der Waals surface area contributed by atoms with Crippen LogP contribution in [0.15, 0.2) is 6.07 Å². The third kappa shape index (κ3) is 4.64. The predicted octanol–water partition coefficient (Wildman–Crippen LogP) is 1.30. The summed E-state index contributed by atoms with van der Waals surface area (Å²) in [6, 6.07) is 1.71. The summed E-state index contributed by atoms with van der Waals surface area (Å²) in [5.74, 6) is 1.23. The van der Waals surface area contributed by atoms with Crippen molar-refractivity contribution >= 4 is 17.6 Å². The number of carbonyl (C=O) groups excluding carboxylic acids is 2. The van der Waals surface area contributed by atoms with Gasteiger partial charge in [0.05, 0.1) is 0 Å². The molecule has 7 nitrogen and oxygen atoms in total. The molecule has 0 atom stereocenters. The number of hydrogen-bond acceptors (Lipinski definition) is 5. The molecule has 0 spiro atoms. The lowest BCUT2D eigenvalue weighted by molar-refractivity contribution is -0.130. The first-order valence-electron chi connectivity index (χ1n) is 8.15. The number of hydrogen-bond donors (Lipinski definition) is 1. The molecule has 0 bridgehead atoms. The lowest BCUT2D eigenvalue weighted by Crippen LogP contribution is -2.50. The van der Waals surface area contributed by atoms with E-state index in [1.807, 2.05) is 0 Å². The number of aromatic nitrogens is 2. The summed E-state index contributed by atoms with van der Waals surface area (Å²) >= 11 is 0. The number of piperazine rings is 1. The average Bonchev–Trinajstić information content (AvgIpc) is 2.54. The van der Waals surface area contributed by atoms with Crippen LogP contribution in [0.1, 0.15) is 43.0 Å². The number of carbonyl (C=O) groups is 2. The molecule has 2 rings (SSSR count). The van der Waals surface area contributed by atoms with E-state index >= 15 is 0 Å². The van der Waals surface area contributed by atoms with E-state index in [2.05, 4.69) is 22.2 Å². The molecule has 1 aromatic rings. The van der Waals surface area contributed by atoms with E-state index in [0.29, 0.717) is 43.5 Å². The van der Waals surface area contributed by atoms with Gasteiger partial charge in [0, 0.05) is 45.7 Å². The lowest BCUT2D eigenvalue weighted by Gasteiger charge is -2.34. The Balaban J connectivity index is 2.03. The highest BCUT2D eigenvalue weighted by Crippen LogP contribution is 2.12. The van der Waals surface area contributed by atoms with Gasteiger partial charge in [-0.2, -0.15) is 0 Å². The van der Waals surface area contributed by atoms with Crippen LogP contribution in [0, 0.1) is 6.92 Å². The van der Waals surface area contributed by atoms with Gasteiger partial charge >= 0.3 is 0 Å². The first-order valence-corrected chi connectivity index (χ1v) is 8.15. The molecular formula is C16H25N5O2. The zero-order valence-electron chi connectivity index (χ0n) is 14.1. The van der Waals surface area contributed by atoms with Gasteiger partial charge in [-0.05, 0) is 13.3 Å². The number of nitrogens with zero attached hydrogens (tertiary/aromatic N) is 4. The molecule has 1 aromatic heterocycles. The van der Waals surface area contributed by atoms with Crippen molar-refractivity contribution in [3.63, 3.8) is 0 Å². The van der Waals surface area contributed by atoms with Gasteiger partial charge in [0.25, 0.3) is 5.91 Å². The largest absolute Gasteiger partial charge is 0.370 e. The van der Waals surface area contributed by atoms with Crippen molar-refractivity contribution in [3.05, 3.63) is 17.6 Å². The van der Waals surface area contributed by atoms with E-state index in [1.54, 1.807) is 29.7 Å². The van der Waals surface area contributed by atoms with Crippen LogP contribution in [0.2, 0.25) is 0 Å². The second-order valence-corrected chi connectivity index (χ2v) is 5.76. The van der Waals surface area contributed by atoms with Gasteiger partial charge in [0.1, 0.15) is 17.3 Å². The van der Waals surface area contributed by atoms with Gasteiger partial charge < -0.3 is 15.1 Å². The third-order valence-electron chi connectivity index (χ3n) is 3.91. The Morgan fingerprint density at radius 3 is 2.43 bits per heavy atom. The Bertz CT molecular complexity index is 568. The number of anilines is 1. The van der Waals surface area contributed by atoms with E-state index in [4.69, 9.17) is 0 Å². The Morgan fingerprint density at radius 1 is 1.17 bits per heavy atom. The van der Waals surface area contributed by atoms with Crippen LogP contribution >= 0.6 is 0 Å². The fourth-order valence-corrected chi connectivity index (χ4v) is 2.55. The van der Waals surface area contributed by atoms with Crippen LogP contribution < -0.4 is 5.32 Å². The fraction of sp³-hybridized carbons (Fsp3) is 0.625. The highest BCUT2D eigenvalue weighted by atomic mass is 16.2. The number of nitrogens with one attached hydrogen (secondary N) is 1. The second-order valence-electron chi connectivity index (χ2n) is 5.76. The average molecular weight is 319 g/mol. The topological polar surface area (TPSA) is 78.4 Å². The highest BCUT2D eigenvalue weighted by molar-refractivity contribution is 5.93. The Kier molecular flexibility index (Phi) is 5.90. The minimum Gasteiger partial charge on any atom is -0.370 e. The van der Waals surface area contributed by atoms with Crippen LogP contribution in [0.25, 0.3) is 0 Å². The fourth-order valence-electron chi connectivity index (χ4n) is 2.55. The van der Waals surface area contributed by atoms with Crippen molar-refractivity contribution in [2.24, 2.45) is 0 Å². The van der Waals surface area contributed by atoms with E-state index in [-0.39, 0.29) is 11.8 Å². The van der Waals surface area contributed by atoms with Gasteiger partial charge in [-0.15, -0.1) is 0 Å². The molecule has 0 aliphatic carbocycles. The van der Waals surface area contributed by atoms with Crippen LogP contribution in [0.4, 0.5) is 5.82 Å². The van der Waals surface area contributed by atoms with Crippen LogP contribution in [0.5, 0.6) is 0 Å². The molecular weight excluding hydrogens is 294 g/mol. The first-order chi connectivity index (χ1) is 11.0. The summed E-state index contributed by atoms with van der Waals surface area (Å²) < 4.78 is 0. The Hall–Kier alpha value is -2.18. The summed E-state index contributed by atoms with van der Waals surface area (Å²) in [5.41, 5.74) is 0.410. The molecule has 7 heteroatoms. The molecule has 2 heterocycles. The van der Waals surface area contributed by atoms with Crippen LogP contribution in [-0.4, -0.2) is 64.3 Å². The Morgan fingerprint density at radius 2 is 1.83 bits per heavy atom. The number of aryl methyl sites for hydroxylation is 1. The quantitative estimate of drug-likeness (QED) is 0.828. The molecule has 1 saturated heterocycles. The maximum absolute atomic E-state index is 12.6. The standard InChI is InChI=1S/C16H25N5O2/c1-4-5-6-17-15-11-14(18-12(2)19-15)16(23)21-9-7-20(8-10-21)13(3)22/h11H,4-10H2,1-3H3,(H,17,18,19). The van der Waals surface area contributed by atoms with Crippen LogP contribution in [-0.2, 0) is 4.79 Å². The minimum atomic E-state index is -0.0998. The first kappa shape index (κ1) is 17.2. The SMILES string of the molecule is CCCCNc1cc(C(=O)N2CCN(C(C)=O)CC2)nc(C)n1. The van der Waals surface area contributed by atoms with Crippen molar-refractivity contribution in [2.75, 3.05) is 38.0 Å². The number of rotatable bonds is 5. The zero-order valence-corrected chi connectivity index (χ0v) is 14.1. The second kappa shape index (κ2) is 7.89. The predicted molar refractivity (Wildman–Crippen MR) is 88.3 cm³/mol. The molecule has 2 amide bonds. The van der Waals surface area contributed by atoms with E-state index in [9.17, 15) is 9.59 Å². The molecule has 0 radical (unpaired) electrons. The minimum absolute atomic E-state index is 0.0531. The van der Waals surface area contributed by atoms with Crippen molar-refractivity contribution < 1.29 is 9.59 Å². The summed E-state index contributed by atoms with van der Waals surface area (Å²) in [5, 5.41) is 3.23. The van der Waals surface area contributed by atoms with E-state index in [1.165, 1.54) is 0 Å². The van der Waals surface area contributed by atoms with Gasteiger partial charge in [0.2, 0.25) is 5.91 Å². The molecule has 0 aromatic carbocycles. The summed E-state index contributed by atoms with van der Waals surface area (Å²) in [6.07, 6.45) is 2.16. The number of unbranched alkanes of at least 4 members (excludes halogenated alkanes) is 1. The summed E-state index contributed by atoms with van der Waals surface area (Å²) in [6.45, 7) is 8.54. The van der Waals surface area contributed by atoms with Gasteiger partial charge in [-0.3, -0.25) is 9.59 Å². The molecule has 1 aliphatic heterocycles. The van der Waals surface area contributed by atoms with Gasteiger partial charge in [0.15, 0.2) is 0 Å². The van der Waals surface area contributed by atoms with Crippen LogP contribution in [0.3, 0.4) is 0 Å².